The van der Waals surface area contributed by atoms with Gasteiger partial charge in [-0.1, -0.05) is 6.92 Å². The van der Waals surface area contributed by atoms with Crippen LogP contribution in [0, 0.1) is 0 Å². The van der Waals surface area contributed by atoms with Gasteiger partial charge in [0.05, 0.1) is 0 Å². The zero-order valence-electron chi connectivity index (χ0n) is 10.9. The predicted octanol–water partition coefficient (Wildman–Crippen LogP) is 0.769. The minimum atomic E-state index is 0.133. The van der Waals surface area contributed by atoms with Gasteiger partial charge in [0.2, 0.25) is 0 Å². The zero-order valence-corrected chi connectivity index (χ0v) is 10.9. The van der Waals surface area contributed by atoms with Gasteiger partial charge in [-0.05, 0) is 18.7 Å². The van der Waals surface area contributed by atoms with E-state index in [1.165, 1.54) is 5.70 Å². The molecule has 4 heteroatoms. The molecule has 2 N–H and O–H groups in total. The number of methoxy groups -OCH3 is 1. The molecule has 0 aromatic rings. The summed E-state index contributed by atoms with van der Waals surface area (Å²) < 4.78 is 5.54. The van der Waals surface area contributed by atoms with Crippen molar-refractivity contribution in [2.45, 2.75) is 19.4 Å². The summed E-state index contributed by atoms with van der Waals surface area (Å²) in [5, 5.41) is 0. The Balaban J connectivity index is 2.01. The zero-order chi connectivity index (χ0) is 12.3. The van der Waals surface area contributed by atoms with E-state index in [0.717, 1.165) is 44.8 Å². The van der Waals surface area contributed by atoms with Gasteiger partial charge in [-0.2, -0.15) is 0 Å². The lowest BCUT2D eigenvalue weighted by Gasteiger charge is -2.39. The topological polar surface area (TPSA) is 41.7 Å². The second-order valence-corrected chi connectivity index (χ2v) is 4.68. The molecule has 0 spiro atoms. The van der Waals surface area contributed by atoms with E-state index in [4.69, 9.17) is 10.5 Å². The fourth-order valence-electron chi connectivity index (χ4n) is 2.52. The van der Waals surface area contributed by atoms with Gasteiger partial charge in [0.1, 0.15) is 6.10 Å². The summed E-state index contributed by atoms with van der Waals surface area (Å²) in [7, 11) is 1.76. The molecule has 0 saturated carbocycles. The number of rotatable bonds is 3. The van der Waals surface area contributed by atoms with Crippen molar-refractivity contribution in [3.8, 4) is 0 Å². The summed E-state index contributed by atoms with van der Waals surface area (Å²) in [4.78, 5) is 4.91. The molecule has 4 nitrogen and oxygen atoms in total. The van der Waals surface area contributed by atoms with Gasteiger partial charge in [-0.15, -0.1) is 0 Å². The van der Waals surface area contributed by atoms with Gasteiger partial charge >= 0.3 is 0 Å². The van der Waals surface area contributed by atoms with E-state index in [1.54, 1.807) is 7.11 Å². The molecule has 1 saturated heterocycles. The maximum Gasteiger partial charge on any atom is 0.102 e. The van der Waals surface area contributed by atoms with E-state index >= 15 is 0 Å². The monoisotopic (exact) mass is 237 g/mol. The van der Waals surface area contributed by atoms with Crippen LogP contribution in [0.3, 0.4) is 0 Å². The van der Waals surface area contributed by atoms with Gasteiger partial charge < -0.3 is 20.3 Å². The first kappa shape index (κ1) is 12.5. The summed E-state index contributed by atoms with van der Waals surface area (Å²) in [5.74, 6) is 0. The molecule has 0 radical (unpaired) electrons. The molecule has 1 atom stereocenters. The lowest BCUT2D eigenvalue weighted by atomic mass is 10.0. The molecular formula is C13H23N3O. The number of ether oxygens (including phenoxy) is 1. The van der Waals surface area contributed by atoms with Gasteiger partial charge in [-0.3, -0.25) is 0 Å². The van der Waals surface area contributed by atoms with Crippen LogP contribution < -0.4 is 5.73 Å². The van der Waals surface area contributed by atoms with Crippen molar-refractivity contribution in [2.24, 2.45) is 5.73 Å². The van der Waals surface area contributed by atoms with E-state index < -0.39 is 0 Å². The molecule has 1 fully saturated rings. The van der Waals surface area contributed by atoms with Crippen LogP contribution in [0.15, 0.2) is 23.5 Å². The molecule has 0 aromatic carbocycles. The number of allylic oxidation sites excluding steroid dienone is 2. The van der Waals surface area contributed by atoms with Crippen molar-refractivity contribution in [3.63, 3.8) is 0 Å². The Morgan fingerprint density at radius 1 is 1.29 bits per heavy atom. The van der Waals surface area contributed by atoms with E-state index in [2.05, 4.69) is 22.8 Å². The van der Waals surface area contributed by atoms with Crippen molar-refractivity contribution in [2.75, 3.05) is 39.8 Å². The second-order valence-electron chi connectivity index (χ2n) is 4.68. The number of nitrogens with zero attached hydrogens (tertiary/aromatic N) is 2. The molecule has 17 heavy (non-hydrogen) atoms. The van der Waals surface area contributed by atoms with Gasteiger partial charge in [-0.25, -0.2) is 0 Å². The van der Waals surface area contributed by atoms with E-state index in [1.807, 2.05) is 6.08 Å². The summed E-state index contributed by atoms with van der Waals surface area (Å²) in [6.07, 6.45) is 5.08. The van der Waals surface area contributed by atoms with Crippen molar-refractivity contribution in [3.05, 3.63) is 23.5 Å². The summed E-state index contributed by atoms with van der Waals surface area (Å²) in [6, 6.07) is 0. The number of hydrogen-bond acceptors (Lipinski definition) is 4. The summed E-state index contributed by atoms with van der Waals surface area (Å²) in [5.41, 5.74) is 8.05. The second kappa shape index (κ2) is 5.56. The van der Waals surface area contributed by atoms with Crippen molar-refractivity contribution in [1.29, 1.82) is 0 Å². The average Bonchev–Trinajstić information content (AvgIpc) is 2.39. The van der Waals surface area contributed by atoms with Crippen LogP contribution in [0.25, 0.3) is 0 Å². The molecule has 96 valence electrons. The van der Waals surface area contributed by atoms with E-state index in [0.29, 0.717) is 0 Å². The van der Waals surface area contributed by atoms with Crippen molar-refractivity contribution < 1.29 is 4.74 Å². The fraction of sp³-hybridized carbons (Fsp3) is 0.692. The van der Waals surface area contributed by atoms with Crippen LogP contribution in [0.1, 0.15) is 13.3 Å². The van der Waals surface area contributed by atoms with Crippen LogP contribution in [-0.4, -0.2) is 55.7 Å². The van der Waals surface area contributed by atoms with Gasteiger partial charge in [0.25, 0.3) is 0 Å². The highest BCUT2D eigenvalue weighted by Gasteiger charge is 2.25. The minimum Gasteiger partial charge on any atom is -0.402 e. The van der Waals surface area contributed by atoms with Crippen LogP contribution in [0.5, 0.6) is 0 Å². The smallest absolute Gasteiger partial charge is 0.102 e. The van der Waals surface area contributed by atoms with Gasteiger partial charge in [0, 0.05) is 51.1 Å². The van der Waals surface area contributed by atoms with Crippen LogP contribution in [-0.2, 0) is 4.74 Å². The Labute approximate surface area is 104 Å². The first-order chi connectivity index (χ1) is 8.24. The largest absolute Gasteiger partial charge is 0.402 e. The third-order valence-corrected chi connectivity index (χ3v) is 3.69. The standard InChI is InChI=1S/C13H23N3O/c1-3-15-6-8-16(9-7-15)12-5-4-11(14)10-13(12)17-2/h4-5,13H,3,6-10,14H2,1-2H3. The summed E-state index contributed by atoms with van der Waals surface area (Å²) in [6.45, 7) is 7.83. The highest BCUT2D eigenvalue weighted by molar-refractivity contribution is 5.26. The highest BCUT2D eigenvalue weighted by atomic mass is 16.5. The third-order valence-electron chi connectivity index (χ3n) is 3.69. The van der Waals surface area contributed by atoms with Gasteiger partial charge in [0.15, 0.2) is 0 Å². The molecule has 1 unspecified atom stereocenters. The van der Waals surface area contributed by atoms with Crippen molar-refractivity contribution in [1.82, 2.24) is 9.80 Å². The van der Waals surface area contributed by atoms with E-state index in [-0.39, 0.29) is 6.10 Å². The Bertz CT molecular complexity index is 317. The Kier molecular flexibility index (Phi) is 4.07. The molecule has 2 rings (SSSR count). The molecule has 2 aliphatic rings. The molecule has 0 amide bonds. The minimum absolute atomic E-state index is 0.133. The molecule has 1 aliphatic carbocycles. The van der Waals surface area contributed by atoms with Crippen LogP contribution in [0.2, 0.25) is 0 Å². The molecular weight excluding hydrogens is 214 g/mol. The Morgan fingerprint density at radius 2 is 2.00 bits per heavy atom. The molecule has 0 bridgehead atoms. The lowest BCUT2D eigenvalue weighted by Crippen LogP contribution is -2.47. The van der Waals surface area contributed by atoms with Crippen LogP contribution in [0.4, 0.5) is 0 Å². The molecule has 1 heterocycles. The Hall–Kier alpha value is -1.00. The Morgan fingerprint density at radius 3 is 2.59 bits per heavy atom. The maximum absolute atomic E-state index is 5.85. The number of likely N-dealkylation sites (N-methyl/N-ethyl adjacent to an activating group) is 1. The highest BCUT2D eigenvalue weighted by Crippen LogP contribution is 2.23. The third kappa shape index (κ3) is 2.82. The first-order valence-electron chi connectivity index (χ1n) is 6.41. The van der Waals surface area contributed by atoms with Crippen LogP contribution >= 0.6 is 0 Å². The van der Waals surface area contributed by atoms with Crippen molar-refractivity contribution >= 4 is 0 Å². The number of nitrogens with two attached hydrogens (primary N) is 1. The summed E-state index contributed by atoms with van der Waals surface area (Å²) >= 11 is 0. The quantitative estimate of drug-likeness (QED) is 0.787. The predicted molar refractivity (Wildman–Crippen MR) is 69.5 cm³/mol. The number of piperazine rings is 1. The maximum atomic E-state index is 5.85. The SMILES string of the molecule is CCN1CCN(C2=CC=C(N)CC2OC)CC1. The molecule has 1 aliphatic heterocycles. The lowest BCUT2D eigenvalue weighted by molar-refractivity contribution is 0.0807. The average molecular weight is 237 g/mol. The first-order valence-corrected chi connectivity index (χ1v) is 6.41. The fourth-order valence-corrected chi connectivity index (χ4v) is 2.52. The van der Waals surface area contributed by atoms with E-state index in [9.17, 15) is 0 Å². The normalized spacial score (nSPS) is 26.7. The molecule has 0 aromatic heterocycles. The number of hydrogen-bond donors (Lipinski definition) is 1.